The first-order chi connectivity index (χ1) is 5.88. The van der Waals surface area contributed by atoms with Gasteiger partial charge in [0.2, 0.25) is 5.88 Å². The van der Waals surface area contributed by atoms with Crippen LogP contribution in [-0.2, 0) is 0 Å². The van der Waals surface area contributed by atoms with E-state index in [1.165, 1.54) is 0 Å². The Labute approximate surface area is 87.5 Å². The van der Waals surface area contributed by atoms with Gasteiger partial charge in [0.15, 0.2) is 0 Å². The first kappa shape index (κ1) is 10.5. The number of rotatable bonds is 1. The lowest BCUT2D eigenvalue weighted by Crippen LogP contribution is -2.24. The first-order valence-corrected chi connectivity index (χ1v) is 5.00. The smallest absolute Gasteiger partial charge is 0.217 e. The summed E-state index contributed by atoms with van der Waals surface area (Å²) in [5, 5.41) is 0. The third kappa shape index (κ3) is 3.35. The van der Waals surface area contributed by atoms with Gasteiger partial charge < -0.3 is 4.74 Å². The summed E-state index contributed by atoms with van der Waals surface area (Å²) >= 11 is 3.31. The minimum atomic E-state index is -0.196. The average molecular weight is 244 g/mol. The van der Waals surface area contributed by atoms with Crippen LogP contribution in [0.1, 0.15) is 26.3 Å². The van der Waals surface area contributed by atoms with E-state index in [0.29, 0.717) is 5.88 Å². The molecule has 1 aromatic heterocycles. The van der Waals surface area contributed by atoms with Gasteiger partial charge in [0, 0.05) is 5.56 Å². The van der Waals surface area contributed by atoms with Crippen molar-refractivity contribution < 1.29 is 4.74 Å². The summed E-state index contributed by atoms with van der Waals surface area (Å²) in [4.78, 5) is 4.25. The molecule has 0 spiro atoms. The molecule has 1 aromatic rings. The number of ether oxygens (including phenoxy) is 1. The molecule has 0 aromatic carbocycles. The van der Waals surface area contributed by atoms with Crippen molar-refractivity contribution in [1.29, 1.82) is 0 Å². The fourth-order valence-electron chi connectivity index (χ4n) is 0.881. The van der Waals surface area contributed by atoms with Gasteiger partial charge in [0.05, 0.1) is 0 Å². The Balaban J connectivity index is 2.94. The van der Waals surface area contributed by atoms with E-state index in [2.05, 4.69) is 20.9 Å². The molecule has 13 heavy (non-hydrogen) atoms. The Morgan fingerprint density at radius 3 is 2.46 bits per heavy atom. The molecule has 0 aliphatic rings. The molecule has 0 aliphatic carbocycles. The fourth-order valence-corrected chi connectivity index (χ4v) is 1.17. The Bertz CT molecular complexity index is 304. The fraction of sp³-hybridized carbons (Fsp3) is 0.500. The molecule has 0 fully saturated rings. The highest BCUT2D eigenvalue weighted by atomic mass is 79.9. The van der Waals surface area contributed by atoms with Crippen LogP contribution in [-0.4, -0.2) is 10.6 Å². The van der Waals surface area contributed by atoms with Crippen LogP contribution < -0.4 is 4.74 Å². The van der Waals surface area contributed by atoms with E-state index in [-0.39, 0.29) is 5.60 Å². The summed E-state index contributed by atoms with van der Waals surface area (Å²) in [7, 11) is 0. The Morgan fingerprint density at radius 2 is 1.92 bits per heavy atom. The maximum atomic E-state index is 5.67. The summed E-state index contributed by atoms with van der Waals surface area (Å²) in [6.45, 7) is 8.01. The number of aryl methyl sites for hydroxylation is 1. The molecule has 0 unspecified atom stereocenters. The highest BCUT2D eigenvalue weighted by molar-refractivity contribution is 9.10. The van der Waals surface area contributed by atoms with Crippen LogP contribution in [0.3, 0.4) is 0 Å². The molecule has 1 rings (SSSR count). The van der Waals surface area contributed by atoms with Crippen LogP contribution in [0.5, 0.6) is 5.88 Å². The van der Waals surface area contributed by atoms with Crippen molar-refractivity contribution in [3.05, 3.63) is 22.3 Å². The van der Waals surface area contributed by atoms with Crippen LogP contribution in [0.2, 0.25) is 0 Å². The molecule has 72 valence electrons. The van der Waals surface area contributed by atoms with Crippen molar-refractivity contribution in [1.82, 2.24) is 4.98 Å². The van der Waals surface area contributed by atoms with E-state index in [1.54, 1.807) is 0 Å². The second-order valence-electron chi connectivity index (χ2n) is 3.97. The van der Waals surface area contributed by atoms with E-state index < -0.39 is 0 Å². The maximum Gasteiger partial charge on any atom is 0.217 e. The molecule has 0 N–H and O–H groups in total. The number of halogens is 1. The van der Waals surface area contributed by atoms with Crippen LogP contribution in [0.4, 0.5) is 0 Å². The molecule has 0 radical (unpaired) electrons. The predicted molar refractivity (Wildman–Crippen MR) is 57.1 cm³/mol. The van der Waals surface area contributed by atoms with E-state index in [1.807, 2.05) is 39.8 Å². The Morgan fingerprint density at radius 1 is 1.31 bits per heavy atom. The zero-order chi connectivity index (χ0) is 10.1. The van der Waals surface area contributed by atoms with Crippen LogP contribution in [0, 0.1) is 6.92 Å². The zero-order valence-electron chi connectivity index (χ0n) is 8.39. The van der Waals surface area contributed by atoms with Gasteiger partial charge in [0.1, 0.15) is 10.2 Å². The van der Waals surface area contributed by atoms with E-state index >= 15 is 0 Å². The molecular formula is C10H14BrNO. The Hall–Kier alpha value is -0.570. The van der Waals surface area contributed by atoms with E-state index in [0.717, 1.165) is 10.2 Å². The number of hydrogen-bond acceptors (Lipinski definition) is 2. The molecule has 0 amide bonds. The van der Waals surface area contributed by atoms with Crippen molar-refractivity contribution in [2.45, 2.75) is 33.3 Å². The molecule has 3 heteroatoms. The monoisotopic (exact) mass is 243 g/mol. The summed E-state index contributed by atoms with van der Waals surface area (Å²) in [6.07, 6.45) is 0. The first-order valence-electron chi connectivity index (χ1n) is 4.21. The quantitative estimate of drug-likeness (QED) is 0.707. The molecule has 2 nitrogen and oxygen atoms in total. The number of hydrogen-bond donors (Lipinski definition) is 0. The van der Waals surface area contributed by atoms with Gasteiger partial charge in [-0.15, -0.1) is 0 Å². The third-order valence-electron chi connectivity index (χ3n) is 1.42. The largest absolute Gasteiger partial charge is 0.472 e. The normalized spacial score (nSPS) is 11.5. The van der Waals surface area contributed by atoms with E-state index in [4.69, 9.17) is 4.74 Å². The highest BCUT2D eigenvalue weighted by Crippen LogP contribution is 2.22. The number of pyridine rings is 1. The summed E-state index contributed by atoms with van der Waals surface area (Å²) in [6, 6.07) is 3.89. The lowest BCUT2D eigenvalue weighted by Gasteiger charge is -2.21. The van der Waals surface area contributed by atoms with Crippen LogP contribution >= 0.6 is 15.9 Å². The van der Waals surface area contributed by atoms with Crippen molar-refractivity contribution >= 4 is 15.9 Å². The van der Waals surface area contributed by atoms with Crippen LogP contribution in [0.15, 0.2) is 16.7 Å². The summed E-state index contributed by atoms with van der Waals surface area (Å²) in [5.41, 5.74) is 0.858. The lowest BCUT2D eigenvalue weighted by molar-refractivity contribution is 0.122. The second-order valence-corrected chi connectivity index (χ2v) is 4.78. The minimum absolute atomic E-state index is 0.196. The number of nitrogens with zero attached hydrogens (tertiary/aromatic N) is 1. The molecule has 0 saturated carbocycles. The Kier molecular flexibility index (Phi) is 2.96. The minimum Gasteiger partial charge on any atom is -0.472 e. The van der Waals surface area contributed by atoms with Gasteiger partial charge in [-0.25, -0.2) is 4.98 Å². The van der Waals surface area contributed by atoms with Gasteiger partial charge in [-0.05, 0) is 49.7 Å². The average Bonchev–Trinajstić information content (AvgIpc) is 1.94. The molecule has 1 heterocycles. The molecule has 0 bridgehead atoms. The van der Waals surface area contributed by atoms with Crippen molar-refractivity contribution in [3.8, 4) is 5.88 Å². The van der Waals surface area contributed by atoms with Gasteiger partial charge in [0.25, 0.3) is 0 Å². The van der Waals surface area contributed by atoms with Gasteiger partial charge in [-0.3, -0.25) is 0 Å². The standard InChI is InChI=1S/C10H14BrNO/c1-7-5-6-8(11)12-9(7)13-10(2,3)4/h5-6H,1-4H3. The number of aromatic nitrogens is 1. The maximum absolute atomic E-state index is 5.67. The predicted octanol–water partition coefficient (Wildman–Crippen LogP) is 3.33. The van der Waals surface area contributed by atoms with Gasteiger partial charge in [-0.1, -0.05) is 6.07 Å². The lowest BCUT2D eigenvalue weighted by atomic mass is 10.2. The van der Waals surface area contributed by atoms with Crippen LogP contribution in [0.25, 0.3) is 0 Å². The van der Waals surface area contributed by atoms with Gasteiger partial charge >= 0.3 is 0 Å². The SMILES string of the molecule is Cc1ccc(Br)nc1OC(C)(C)C. The van der Waals surface area contributed by atoms with Crippen molar-refractivity contribution in [2.24, 2.45) is 0 Å². The topological polar surface area (TPSA) is 22.1 Å². The molecular weight excluding hydrogens is 230 g/mol. The van der Waals surface area contributed by atoms with Crippen molar-refractivity contribution in [3.63, 3.8) is 0 Å². The third-order valence-corrected chi connectivity index (χ3v) is 1.86. The molecule has 0 saturated heterocycles. The van der Waals surface area contributed by atoms with E-state index in [9.17, 15) is 0 Å². The van der Waals surface area contributed by atoms with Gasteiger partial charge in [-0.2, -0.15) is 0 Å². The zero-order valence-corrected chi connectivity index (χ0v) is 9.97. The molecule has 0 aliphatic heterocycles. The second kappa shape index (κ2) is 3.66. The summed E-state index contributed by atoms with van der Waals surface area (Å²) < 4.78 is 6.48. The van der Waals surface area contributed by atoms with Crippen molar-refractivity contribution in [2.75, 3.05) is 0 Å². The highest BCUT2D eigenvalue weighted by Gasteiger charge is 2.14. The molecule has 0 atom stereocenters. The summed E-state index contributed by atoms with van der Waals surface area (Å²) in [5.74, 6) is 0.696.